The van der Waals surface area contributed by atoms with Crippen LogP contribution in [0.4, 0.5) is 0 Å². The molecule has 0 bridgehead atoms. The van der Waals surface area contributed by atoms with Crippen molar-refractivity contribution < 1.29 is 4.74 Å². The molecule has 2 fully saturated rings. The zero-order chi connectivity index (χ0) is 9.53. The molecule has 13 heavy (non-hydrogen) atoms. The highest BCUT2D eigenvalue weighted by Crippen LogP contribution is 2.31. The van der Waals surface area contributed by atoms with Crippen LogP contribution >= 0.6 is 0 Å². The van der Waals surface area contributed by atoms with Gasteiger partial charge >= 0.3 is 0 Å². The Morgan fingerprint density at radius 2 is 1.85 bits per heavy atom. The van der Waals surface area contributed by atoms with E-state index in [0.717, 1.165) is 6.61 Å². The molecule has 0 radical (unpaired) electrons. The van der Waals surface area contributed by atoms with Crippen LogP contribution in [0.25, 0.3) is 0 Å². The maximum absolute atomic E-state index is 5.74. The Labute approximate surface area is 80.4 Å². The van der Waals surface area contributed by atoms with Crippen LogP contribution < -0.4 is 5.32 Å². The standard InChI is InChI=1S/C10H20N2O/c1-9(2)11-10(8-13-9)4-6-12(3)7-5-10/h11H,4-8H2,1-3H3. The van der Waals surface area contributed by atoms with Crippen LogP contribution in [0.3, 0.4) is 0 Å². The van der Waals surface area contributed by atoms with Gasteiger partial charge < -0.3 is 9.64 Å². The molecule has 2 aliphatic heterocycles. The Balaban J connectivity index is 2.00. The average Bonchev–Trinajstić information content (AvgIpc) is 2.35. The second-order valence-electron chi connectivity index (χ2n) is 5.01. The highest BCUT2D eigenvalue weighted by atomic mass is 16.5. The van der Waals surface area contributed by atoms with Crippen molar-refractivity contribution in [3.8, 4) is 0 Å². The molecule has 0 atom stereocenters. The maximum Gasteiger partial charge on any atom is 0.114 e. The molecule has 0 unspecified atom stereocenters. The number of ether oxygens (including phenoxy) is 1. The first-order chi connectivity index (χ1) is 6.02. The topological polar surface area (TPSA) is 24.5 Å². The number of piperidine rings is 1. The Morgan fingerprint density at radius 3 is 2.31 bits per heavy atom. The summed E-state index contributed by atoms with van der Waals surface area (Å²) in [6.07, 6.45) is 2.43. The third-order valence-corrected chi connectivity index (χ3v) is 3.22. The summed E-state index contributed by atoms with van der Waals surface area (Å²) < 4.78 is 5.74. The van der Waals surface area contributed by atoms with E-state index in [0.29, 0.717) is 0 Å². The molecule has 0 saturated carbocycles. The van der Waals surface area contributed by atoms with Crippen LogP contribution in [0.5, 0.6) is 0 Å². The summed E-state index contributed by atoms with van der Waals surface area (Å²) in [4.78, 5) is 2.39. The molecule has 0 aromatic rings. The predicted molar refractivity (Wildman–Crippen MR) is 52.6 cm³/mol. The molecule has 2 rings (SSSR count). The van der Waals surface area contributed by atoms with Crippen molar-refractivity contribution in [1.29, 1.82) is 0 Å². The quantitative estimate of drug-likeness (QED) is 0.603. The minimum Gasteiger partial charge on any atom is -0.359 e. The first-order valence-corrected chi connectivity index (χ1v) is 5.13. The minimum atomic E-state index is -0.115. The molecule has 0 amide bonds. The second-order valence-corrected chi connectivity index (χ2v) is 5.01. The van der Waals surface area contributed by atoms with E-state index in [1.54, 1.807) is 0 Å². The van der Waals surface area contributed by atoms with E-state index in [9.17, 15) is 0 Å². The highest BCUT2D eigenvalue weighted by molar-refractivity contribution is 4.99. The van der Waals surface area contributed by atoms with Crippen LogP contribution in [0, 0.1) is 0 Å². The van der Waals surface area contributed by atoms with Crippen molar-refractivity contribution in [2.45, 2.75) is 38.0 Å². The van der Waals surface area contributed by atoms with Crippen LogP contribution in [0.2, 0.25) is 0 Å². The molecular formula is C10H20N2O. The van der Waals surface area contributed by atoms with Crippen molar-refractivity contribution in [3.63, 3.8) is 0 Å². The fourth-order valence-electron chi connectivity index (χ4n) is 2.35. The molecule has 2 heterocycles. The normalized spacial score (nSPS) is 32.5. The lowest BCUT2D eigenvalue weighted by molar-refractivity contribution is 0.0221. The Bertz CT molecular complexity index is 195. The highest BCUT2D eigenvalue weighted by Gasteiger charge is 2.44. The number of hydrogen-bond acceptors (Lipinski definition) is 3. The lowest BCUT2D eigenvalue weighted by atomic mass is 9.89. The third-order valence-electron chi connectivity index (χ3n) is 3.22. The number of nitrogens with one attached hydrogen (secondary N) is 1. The SMILES string of the molecule is CN1CCC2(CC1)COC(C)(C)N2. The Hall–Kier alpha value is -0.120. The molecule has 0 aromatic carbocycles. The van der Waals surface area contributed by atoms with Crippen molar-refractivity contribution >= 4 is 0 Å². The van der Waals surface area contributed by atoms with Crippen LogP contribution in [-0.4, -0.2) is 42.9 Å². The van der Waals surface area contributed by atoms with Gasteiger partial charge in [0.1, 0.15) is 5.72 Å². The number of hydrogen-bond donors (Lipinski definition) is 1. The summed E-state index contributed by atoms with van der Waals surface area (Å²) in [6, 6.07) is 0. The molecule has 0 aromatic heterocycles. The number of rotatable bonds is 0. The van der Waals surface area contributed by atoms with Crippen LogP contribution in [0.15, 0.2) is 0 Å². The van der Waals surface area contributed by atoms with Crippen LogP contribution in [-0.2, 0) is 4.74 Å². The molecule has 1 N–H and O–H groups in total. The summed E-state index contributed by atoms with van der Waals surface area (Å²) in [5, 5.41) is 3.62. The van der Waals surface area contributed by atoms with Crippen molar-refractivity contribution in [3.05, 3.63) is 0 Å². The number of likely N-dealkylation sites (tertiary alicyclic amines) is 1. The van der Waals surface area contributed by atoms with Gasteiger partial charge in [0.25, 0.3) is 0 Å². The molecular weight excluding hydrogens is 164 g/mol. The van der Waals surface area contributed by atoms with Gasteiger partial charge in [0.05, 0.1) is 6.61 Å². The summed E-state index contributed by atoms with van der Waals surface area (Å²) >= 11 is 0. The van der Waals surface area contributed by atoms with E-state index in [1.807, 2.05) is 0 Å². The summed E-state index contributed by atoms with van der Waals surface area (Å²) in [7, 11) is 2.19. The maximum atomic E-state index is 5.74. The van der Waals surface area contributed by atoms with Crippen molar-refractivity contribution in [2.75, 3.05) is 26.7 Å². The van der Waals surface area contributed by atoms with E-state index in [1.165, 1.54) is 25.9 Å². The molecule has 2 saturated heterocycles. The van der Waals surface area contributed by atoms with E-state index in [2.05, 4.69) is 31.1 Å². The van der Waals surface area contributed by atoms with Crippen LogP contribution in [0.1, 0.15) is 26.7 Å². The van der Waals surface area contributed by atoms with Gasteiger partial charge in [0.2, 0.25) is 0 Å². The largest absolute Gasteiger partial charge is 0.359 e. The summed E-state index contributed by atoms with van der Waals surface area (Å²) in [5.74, 6) is 0. The lowest BCUT2D eigenvalue weighted by Crippen LogP contribution is -2.54. The predicted octanol–water partition coefficient (Wildman–Crippen LogP) is 0.807. The first-order valence-electron chi connectivity index (χ1n) is 5.13. The van der Waals surface area contributed by atoms with Gasteiger partial charge in [-0.3, -0.25) is 5.32 Å². The minimum absolute atomic E-state index is 0.115. The van der Waals surface area contributed by atoms with E-state index in [4.69, 9.17) is 4.74 Å². The van der Waals surface area contributed by atoms with E-state index >= 15 is 0 Å². The molecule has 3 nitrogen and oxygen atoms in total. The van der Waals surface area contributed by atoms with Gasteiger partial charge in [-0.1, -0.05) is 0 Å². The average molecular weight is 184 g/mol. The zero-order valence-electron chi connectivity index (χ0n) is 8.89. The smallest absolute Gasteiger partial charge is 0.114 e. The monoisotopic (exact) mass is 184 g/mol. The summed E-state index contributed by atoms with van der Waals surface area (Å²) in [6.45, 7) is 7.48. The van der Waals surface area contributed by atoms with Gasteiger partial charge in [-0.25, -0.2) is 0 Å². The second kappa shape index (κ2) is 2.94. The van der Waals surface area contributed by atoms with E-state index < -0.39 is 0 Å². The molecule has 1 spiro atoms. The van der Waals surface area contributed by atoms with Crippen molar-refractivity contribution in [2.24, 2.45) is 0 Å². The first kappa shape index (κ1) is 9.44. The Kier molecular flexibility index (Phi) is 2.13. The molecule has 0 aliphatic carbocycles. The van der Waals surface area contributed by atoms with Gasteiger partial charge in [-0.2, -0.15) is 0 Å². The fraction of sp³-hybridized carbons (Fsp3) is 1.00. The molecule has 2 aliphatic rings. The third kappa shape index (κ3) is 1.87. The fourth-order valence-corrected chi connectivity index (χ4v) is 2.35. The lowest BCUT2D eigenvalue weighted by Gasteiger charge is -2.37. The van der Waals surface area contributed by atoms with Gasteiger partial charge in [-0.05, 0) is 46.8 Å². The Morgan fingerprint density at radius 1 is 1.23 bits per heavy atom. The molecule has 76 valence electrons. The zero-order valence-corrected chi connectivity index (χ0v) is 8.89. The van der Waals surface area contributed by atoms with E-state index in [-0.39, 0.29) is 11.3 Å². The van der Waals surface area contributed by atoms with Gasteiger partial charge in [0, 0.05) is 5.54 Å². The summed E-state index contributed by atoms with van der Waals surface area (Å²) in [5.41, 5.74) is 0.159. The van der Waals surface area contributed by atoms with Crippen molar-refractivity contribution in [1.82, 2.24) is 10.2 Å². The van der Waals surface area contributed by atoms with Gasteiger partial charge in [0.15, 0.2) is 0 Å². The molecule has 3 heteroatoms. The number of nitrogens with zero attached hydrogens (tertiary/aromatic N) is 1. The van der Waals surface area contributed by atoms with Gasteiger partial charge in [-0.15, -0.1) is 0 Å².